The first-order valence-electron chi connectivity index (χ1n) is 8.64. The maximum Gasteiger partial charge on any atom is 0.295 e. The lowest BCUT2D eigenvalue weighted by atomic mass is 9.95. The minimum absolute atomic E-state index is 0.113. The van der Waals surface area contributed by atoms with Crippen molar-refractivity contribution in [3.63, 3.8) is 0 Å². The van der Waals surface area contributed by atoms with Gasteiger partial charge in [0.05, 0.1) is 18.2 Å². The molecule has 1 heterocycles. The Morgan fingerprint density at radius 1 is 1.14 bits per heavy atom. The minimum Gasteiger partial charge on any atom is -0.507 e. The highest BCUT2D eigenvalue weighted by Gasteiger charge is 2.45. The van der Waals surface area contributed by atoms with Gasteiger partial charge in [-0.15, -0.1) is 0 Å². The van der Waals surface area contributed by atoms with E-state index in [0.717, 1.165) is 0 Å². The molecule has 5 nitrogen and oxygen atoms in total. The molecule has 3 rings (SSSR count). The molecule has 2 aromatic carbocycles. The van der Waals surface area contributed by atoms with Crippen LogP contribution in [0.25, 0.3) is 5.76 Å². The molecule has 0 saturated carbocycles. The van der Waals surface area contributed by atoms with Crippen molar-refractivity contribution in [3.05, 3.63) is 76.4 Å². The van der Waals surface area contributed by atoms with Crippen molar-refractivity contribution in [3.8, 4) is 0 Å². The van der Waals surface area contributed by atoms with Crippen molar-refractivity contribution in [2.75, 3.05) is 20.3 Å². The molecule has 2 aromatic rings. The first-order valence-corrected chi connectivity index (χ1v) is 8.64. The maximum atomic E-state index is 13.6. The molecule has 1 fully saturated rings. The third-order valence-electron chi connectivity index (χ3n) is 4.69. The van der Waals surface area contributed by atoms with Crippen LogP contribution in [-0.4, -0.2) is 42.0 Å². The number of likely N-dealkylation sites (tertiary alicyclic amines) is 1. The highest BCUT2D eigenvalue weighted by Crippen LogP contribution is 2.39. The summed E-state index contributed by atoms with van der Waals surface area (Å²) in [6.07, 6.45) is 0. The Labute approximate surface area is 160 Å². The van der Waals surface area contributed by atoms with Gasteiger partial charge < -0.3 is 14.7 Å². The number of carbonyl (C=O) groups is 2. The van der Waals surface area contributed by atoms with Crippen molar-refractivity contribution >= 4 is 17.4 Å². The molecule has 1 N–H and O–H groups in total. The molecule has 0 bridgehead atoms. The van der Waals surface area contributed by atoms with Gasteiger partial charge in [-0.1, -0.05) is 12.1 Å². The van der Waals surface area contributed by atoms with Gasteiger partial charge >= 0.3 is 0 Å². The van der Waals surface area contributed by atoms with E-state index in [1.54, 1.807) is 0 Å². The third kappa shape index (κ3) is 3.53. The van der Waals surface area contributed by atoms with E-state index in [4.69, 9.17) is 4.74 Å². The summed E-state index contributed by atoms with van der Waals surface area (Å²) in [6.45, 7) is 1.82. The largest absolute Gasteiger partial charge is 0.507 e. The number of hydrogen-bond acceptors (Lipinski definition) is 4. The van der Waals surface area contributed by atoms with Gasteiger partial charge in [-0.05, 0) is 48.4 Å². The number of rotatable bonds is 5. The number of Topliss-reactive ketones (excluding diaryl/α,β-unsaturated/α-hetero) is 1. The van der Waals surface area contributed by atoms with Crippen LogP contribution in [-0.2, 0) is 14.3 Å². The lowest BCUT2D eigenvalue weighted by Gasteiger charge is -2.25. The van der Waals surface area contributed by atoms with Crippen molar-refractivity contribution in [2.45, 2.75) is 13.0 Å². The van der Waals surface area contributed by atoms with Crippen LogP contribution in [0.2, 0.25) is 0 Å². The zero-order chi connectivity index (χ0) is 20.4. The second-order valence-corrected chi connectivity index (χ2v) is 6.50. The molecule has 1 aliphatic heterocycles. The van der Waals surface area contributed by atoms with Crippen LogP contribution in [0.5, 0.6) is 0 Å². The van der Waals surface area contributed by atoms with Crippen molar-refractivity contribution in [2.24, 2.45) is 0 Å². The number of aryl methyl sites for hydroxylation is 1. The zero-order valence-corrected chi connectivity index (χ0v) is 15.4. The second-order valence-electron chi connectivity index (χ2n) is 6.50. The van der Waals surface area contributed by atoms with Crippen LogP contribution in [0.4, 0.5) is 8.78 Å². The molecule has 1 amide bonds. The minimum atomic E-state index is -0.902. The molecule has 1 atom stereocenters. The third-order valence-corrected chi connectivity index (χ3v) is 4.69. The number of benzene rings is 2. The fraction of sp³-hybridized carbons (Fsp3) is 0.238. The molecule has 0 radical (unpaired) electrons. The zero-order valence-electron chi connectivity index (χ0n) is 15.4. The fourth-order valence-electron chi connectivity index (χ4n) is 3.24. The molecule has 0 aliphatic carbocycles. The Hall–Kier alpha value is -3.06. The van der Waals surface area contributed by atoms with E-state index in [1.165, 1.54) is 61.4 Å². The smallest absolute Gasteiger partial charge is 0.295 e. The van der Waals surface area contributed by atoms with Gasteiger partial charge in [-0.25, -0.2) is 8.78 Å². The summed E-state index contributed by atoms with van der Waals surface area (Å²) in [5, 5.41) is 10.8. The molecular weight excluding hydrogens is 368 g/mol. The fourth-order valence-corrected chi connectivity index (χ4v) is 3.24. The lowest BCUT2D eigenvalue weighted by molar-refractivity contribution is -0.140. The average Bonchev–Trinajstić information content (AvgIpc) is 2.93. The Balaban J connectivity index is 2.17. The molecule has 1 saturated heterocycles. The number of methoxy groups -OCH3 is 1. The number of ether oxygens (including phenoxy) is 1. The van der Waals surface area contributed by atoms with Gasteiger partial charge in [0.25, 0.3) is 11.7 Å². The first-order chi connectivity index (χ1) is 13.3. The Morgan fingerprint density at radius 3 is 2.43 bits per heavy atom. The summed E-state index contributed by atoms with van der Waals surface area (Å²) in [7, 11) is 1.46. The van der Waals surface area contributed by atoms with Crippen molar-refractivity contribution in [1.29, 1.82) is 0 Å². The van der Waals surface area contributed by atoms with Crippen molar-refractivity contribution in [1.82, 2.24) is 4.90 Å². The van der Waals surface area contributed by atoms with Gasteiger partial charge in [0.1, 0.15) is 17.4 Å². The molecule has 1 aliphatic rings. The number of aliphatic hydroxyl groups is 1. The van der Waals surface area contributed by atoms with Gasteiger partial charge in [0.2, 0.25) is 0 Å². The van der Waals surface area contributed by atoms with E-state index in [-0.39, 0.29) is 29.9 Å². The van der Waals surface area contributed by atoms with E-state index in [2.05, 4.69) is 0 Å². The highest BCUT2D eigenvalue weighted by molar-refractivity contribution is 6.46. The van der Waals surface area contributed by atoms with Crippen LogP contribution in [0.3, 0.4) is 0 Å². The summed E-state index contributed by atoms with van der Waals surface area (Å²) in [4.78, 5) is 26.5. The number of ketones is 1. The normalized spacial score (nSPS) is 18.7. The molecule has 1 unspecified atom stereocenters. The Morgan fingerprint density at radius 2 is 1.82 bits per heavy atom. The molecule has 0 aromatic heterocycles. The monoisotopic (exact) mass is 387 g/mol. The van der Waals surface area contributed by atoms with Gasteiger partial charge in [0, 0.05) is 19.2 Å². The SMILES string of the molecule is COCCN1C(=O)C(=O)/C(=C(\O)c2ccc(F)c(C)c2)C1c1ccc(F)cc1. The van der Waals surface area contributed by atoms with Gasteiger partial charge in [-0.3, -0.25) is 9.59 Å². The van der Waals surface area contributed by atoms with Crippen LogP contribution < -0.4 is 0 Å². The maximum absolute atomic E-state index is 13.6. The number of aliphatic hydroxyl groups excluding tert-OH is 1. The molecule has 28 heavy (non-hydrogen) atoms. The predicted octanol–water partition coefficient (Wildman–Crippen LogP) is 3.34. The van der Waals surface area contributed by atoms with E-state index in [0.29, 0.717) is 5.56 Å². The topological polar surface area (TPSA) is 66.8 Å². The highest BCUT2D eigenvalue weighted by atomic mass is 19.1. The number of amides is 1. The molecule has 7 heteroatoms. The first kappa shape index (κ1) is 19.7. The number of carbonyl (C=O) groups excluding carboxylic acids is 2. The Bertz CT molecular complexity index is 953. The van der Waals surface area contributed by atoms with Crippen LogP contribution >= 0.6 is 0 Å². The van der Waals surface area contributed by atoms with E-state index in [9.17, 15) is 23.5 Å². The average molecular weight is 387 g/mol. The van der Waals surface area contributed by atoms with Crippen LogP contribution in [0.1, 0.15) is 22.7 Å². The molecular formula is C21H19F2NO4. The van der Waals surface area contributed by atoms with E-state index >= 15 is 0 Å². The van der Waals surface area contributed by atoms with E-state index in [1.807, 2.05) is 0 Å². The van der Waals surface area contributed by atoms with Crippen LogP contribution in [0.15, 0.2) is 48.0 Å². The number of nitrogens with zero attached hydrogens (tertiary/aromatic N) is 1. The molecule has 146 valence electrons. The Kier molecular flexibility index (Phi) is 5.56. The number of hydrogen-bond donors (Lipinski definition) is 1. The van der Waals surface area contributed by atoms with Crippen molar-refractivity contribution < 1.29 is 28.2 Å². The summed E-state index contributed by atoms with van der Waals surface area (Å²) in [5.74, 6) is -2.97. The van der Waals surface area contributed by atoms with Crippen LogP contribution in [0, 0.1) is 18.6 Å². The van der Waals surface area contributed by atoms with E-state index < -0.39 is 35.1 Å². The summed E-state index contributed by atoms with van der Waals surface area (Å²) in [5.41, 5.74) is 0.850. The summed E-state index contributed by atoms with van der Waals surface area (Å²) < 4.78 is 32.0. The standard InChI is InChI=1S/C21H19F2NO4/c1-12-11-14(5-8-16(12)23)19(25)17-18(13-3-6-15(22)7-4-13)24(9-10-28-2)21(27)20(17)26/h3-8,11,18,25H,9-10H2,1-2H3/b19-17-. The quantitative estimate of drug-likeness (QED) is 0.486. The van der Waals surface area contributed by atoms with Gasteiger partial charge in [-0.2, -0.15) is 0 Å². The second kappa shape index (κ2) is 7.90. The summed E-state index contributed by atoms with van der Waals surface area (Å²) in [6, 6.07) is 8.35. The molecule has 0 spiro atoms. The van der Waals surface area contributed by atoms with Gasteiger partial charge in [0.15, 0.2) is 0 Å². The predicted molar refractivity (Wildman–Crippen MR) is 98.4 cm³/mol. The lowest BCUT2D eigenvalue weighted by Crippen LogP contribution is -2.32. The summed E-state index contributed by atoms with van der Waals surface area (Å²) >= 11 is 0. The number of halogens is 2.